The monoisotopic (exact) mass is 529 g/mol. The van der Waals surface area contributed by atoms with Crippen molar-refractivity contribution < 1.29 is 14.0 Å². The fraction of sp³-hybridized carbons (Fsp3) is 0.273. The highest BCUT2D eigenvalue weighted by Gasteiger charge is 2.19. The third kappa shape index (κ3) is 6.10. The first-order valence-electron chi connectivity index (χ1n) is 10.7. The molecule has 1 aromatic carbocycles. The number of carbonyl (C=O) groups is 2. The lowest BCUT2D eigenvalue weighted by Crippen LogP contribution is -2.24. The van der Waals surface area contributed by atoms with Crippen molar-refractivity contribution in [3.05, 3.63) is 59.3 Å². The zero-order chi connectivity index (χ0) is 24.8. The average Bonchev–Trinajstić information content (AvgIpc) is 3.60. The Labute approximate surface area is 214 Å². The van der Waals surface area contributed by atoms with Crippen LogP contribution < -0.4 is 10.6 Å². The summed E-state index contributed by atoms with van der Waals surface area (Å²) < 4.78 is 7.83. The van der Waals surface area contributed by atoms with Gasteiger partial charge >= 0.3 is 0 Å². The number of hydrogen-bond acceptors (Lipinski definition) is 10. The minimum atomic E-state index is -0.350. The molecule has 4 rings (SSSR count). The van der Waals surface area contributed by atoms with Gasteiger partial charge in [0.05, 0.1) is 24.2 Å². The zero-order valence-electron chi connectivity index (χ0n) is 19.3. The van der Waals surface area contributed by atoms with Crippen LogP contribution in [-0.2, 0) is 11.3 Å². The second kappa shape index (κ2) is 11.5. The number of amides is 2. The van der Waals surface area contributed by atoms with E-state index in [-0.39, 0.29) is 29.9 Å². The molecular formula is C22H23N7O3S3. The molecule has 0 spiro atoms. The van der Waals surface area contributed by atoms with Gasteiger partial charge in [-0.25, -0.2) is 0 Å². The standard InChI is InChI=1S/C22H23N7O3S3/c1-4-33-22-28-26-20(35-22)24-18(30)12-34-21-27-25-17(11-23-19(31)16-9-6-10-32-16)29(21)15-8-5-7-13(2)14(15)3/h5-10H,4,11-12H2,1-3H3,(H,23,31)(H,24,26,30). The molecule has 0 radical (unpaired) electrons. The van der Waals surface area contributed by atoms with E-state index in [1.807, 2.05) is 43.5 Å². The summed E-state index contributed by atoms with van der Waals surface area (Å²) >= 11 is 4.17. The molecule has 13 heteroatoms. The van der Waals surface area contributed by atoms with Crippen LogP contribution in [0.15, 0.2) is 50.5 Å². The van der Waals surface area contributed by atoms with Crippen LogP contribution in [0, 0.1) is 13.8 Å². The summed E-state index contributed by atoms with van der Waals surface area (Å²) in [6.45, 7) is 6.20. The maximum atomic E-state index is 12.6. The molecule has 182 valence electrons. The van der Waals surface area contributed by atoms with E-state index in [9.17, 15) is 9.59 Å². The molecule has 0 aliphatic rings. The second-order valence-corrected chi connectivity index (χ2v) is 10.7. The van der Waals surface area contributed by atoms with E-state index >= 15 is 0 Å². The van der Waals surface area contributed by atoms with Crippen molar-refractivity contribution in [3.8, 4) is 5.69 Å². The first kappa shape index (κ1) is 24.9. The van der Waals surface area contributed by atoms with E-state index in [1.54, 1.807) is 23.9 Å². The Morgan fingerprint density at radius 3 is 2.71 bits per heavy atom. The Morgan fingerprint density at radius 1 is 1.09 bits per heavy atom. The Balaban J connectivity index is 1.51. The molecule has 0 aliphatic heterocycles. The number of aromatic nitrogens is 5. The Morgan fingerprint density at radius 2 is 1.94 bits per heavy atom. The molecule has 0 atom stereocenters. The van der Waals surface area contributed by atoms with Gasteiger partial charge in [0.15, 0.2) is 21.1 Å². The predicted molar refractivity (Wildman–Crippen MR) is 136 cm³/mol. The lowest BCUT2D eigenvalue weighted by molar-refractivity contribution is -0.113. The fourth-order valence-electron chi connectivity index (χ4n) is 3.11. The number of aryl methyl sites for hydroxylation is 1. The van der Waals surface area contributed by atoms with Gasteiger partial charge in [-0.2, -0.15) is 0 Å². The van der Waals surface area contributed by atoms with Crippen LogP contribution in [-0.4, -0.2) is 48.3 Å². The molecule has 0 saturated carbocycles. The maximum Gasteiger partial charge on any atom is 0.287 e. The summed E-state index contributed by atoms with van der Waals surface area (Å²) in [6, 6.07) is 9.17. The summed E-state index contributed by atoms with van der Waals surface area (Å²) in [7, 11) is 0. The number of nitrogens with zero attached hydrogens (tertiary/aromatic N) is 5. The number of rotatable bonds is 10. The molecule has 2 N–H and O–H groups in total. The minimum absolute atomic E-state index is 0.109. The number of nitrogens with one attached hydrogen (secondary N) is 2. The van der Waals surface area contributed by atoms with E-state index in [2.05, 4.69) is 31.0 Å². The number of furan rings is 1. The van der Waals surface area contributed by atoms with Gasteiger partial charge in [0.2, 0.25) is 11.0 Å². The normalized spacial score (nSPS) is 10.9. The van der Waals surface area contributed by atoms with Gasteiger partial charge in [-0.15, -0.1) is 20.4 Å². The third-order valence-electron chi connectivity index (χ3n) is 4.92. The van der Waals surface area contributed by atoms with E-state index in [0.717, 1.165) is 26.9 Å². The summed E-state index contributed by atoms with van der Waals surface area (Å²) in [6.07, 6.45) is 1.44. The Hall–Kier alpha value is -3.16. The van der Waals surface area contributed by atoms with Crippen molar-refractivity contribution in [1.82, 2.24) is 30.3 Å². The van der Waals surface area contributed by atoms with Crippen molar-refractivity contribution in [2.75, 3.05) is 16.8 Å². The zero-order valence-corrected chi connectivity index (χ0v) is 21.7. The summed E-state index contributed by atoms with van der Waals surface area (Å²) in [5.41, 5.74) is 3.03. The molecule has 0 saturated heterocycles. The van der Waals surface area contributed by atoms with Gasteiger partial charge in [0.25, 0.3) is 5.91 Å². The third-order valence-corrected chi connectivity index (χ3v) is 7.71. The molecule has 3 heterocycles. The van der Waals surface area contributed by atoms with Gasteiger partial charge < -0.3 is 9.73 Å². The summed E-state index contributed by atoms with van der Waals surface area (Å²) in [5.74, 6) is 1.17. The molecule has 0 fully saturated rings. The van der Waals surface area contributed by atoms with Crippen LogP contribution >= 0.6 is 34.9 Å². The molecule has 4 aromatic rings. The second-order valence-electron chi connectivity index (χ2n) is 7.26. The van der Waals surface area contributed by atoms with Crippen LogP contribution in [0.1, 0.15) is 34.4 Å². The minimum Gasteiger partial charge on any atom is -0.459 e. The predicted octanol–water partition coefficient (Wildman–Crippen LogP) is 4.10. The van der Waals surface area contributed by atoms with Gasteiger partial charge in [-0.3, -0.25) is 19.5 Å². The van der Waals surface area contributed by atoms with E-state index in [4.69, 9.17) is 4.42 Å². The number of carbonyl (C=O) groups excluding carboxylic acids is 2. The van der Waals surface area contributed by atoms with E-state index in [0.29, 0.717) is 16.1 Å². The summed E-state index contributed by atoms with van der Waals surface area (Å²) in [4.78, 5) is 24.9. The molecule has 0 aliphatic carbocycles. The molecule has 10 nitrogen and oxygen atoms in total. The smallest absolute Gasteiger partial charge is 0.287 e. The van der Waals surface area contributed by atoms with Crippen LogP contribution in [0.4, 0.5) is 5.13 Å². The van der Waals surface area contributed by atoms with Crippen LogP contribution in [0.25, 0.3) is 5.69 Å². The summed E-state index contributed by atoms with van der Waals surface area (Å²) in [5, 5.41) is 23.2. The number of anilines is 1. The molecule has 0 unspecified atom stereocenters. The SMILES string of the molecule is CCSc1nnc(NC(=O)CSc2nnc(CNC(=O)c3ccco3)n2-c2cccc(C)c2C)s1. The van der Waals surface area contributed by atoms with Crippen LogP contribution in [0.2, 0.25) is 0 Å². The molecule has 3 aromatic heterocycles. The number of benzene rings is 1. The molecule has 35 heavy (non-hydrogen) atoms. The van der Waals surface area contributed by atoms with Crippen molar-refractivity contribution in [1.29, 1.82) is 0 Å². The largest absolute Gasteiger partial charge is 0.459 e. The highest BCUT2D eigenvalue weighted by molar-refractivity contribution is 8.01. The van der Waals surface area contributed by atoms with Gasteiger partial charge in [0, 0.05) is 0 Å². The molecule has 2 amide bonds. The quantitative estimate of drug-likeness (QED) is 0.230. The first-order chi connectivity index (χ1) is 17.0. The highest BCUT2D eigenvalue weighted by Crippen LogP contribution is 2.27. The van der Waals surface area contributed by atoms with Crippen molar-refractivity contribution in [3.63, 3.8) is 0 Å². The van der Waals surface area contributed by atoms with Crippen molar-refractivity contribution >= 4 is 51.8 Å². The van der Waals surface area contributed by atoms with Gasteiger partial charge in [-0.1, -0.05) is 53.9 Å². The fourth-order valence-corrected chi connectivity index (χ4v) is 5.54. The highest BCUT2D eigenvalue weighted by atomic mass is 32.2. The van der Waals surface area contributed by atoms with E-state index in [1.165, 1.54) is 29.4 Å². The Kier molecular flexibility index (Phi) is 8.21. The molecule has 0 bridgehead atoms. The molecular weight excluding hydrogens is 506 g/mol. The van der Waals surface area contributed by atoms with Crippen molar-refractivity contribution in [2.45, 2.75) is 36.8 Å². The van der Waals surface area contributed by atoms with Crippen LogP contribution in [0.5, 0.6) is 0 Å². The first-order valence-corrected chi connectivity index (χ1v) is 13.5. The maximum absolute atomic E-state index is 12.6. The number of thioether (sulfide) groups is 2. The lowest BCUT2D eigenvalue weighted by atomic mass is 10.1. The van der Waals surface area contributed by atoms with Crippen molar-refractivity contribution in [2.24, 2.45) is 0 Å². The van der Waals surface area contributed by atoms with Gasteiger partial charge in [-0.05, 0) is 48.9 Å². The van der Waals surface area contributed by atoms with Gasteiger partial charge in [0.1, 0.15) is 0 Å². The number of hydrogen-bond donors (Lipinski definition) is 2. The average molecular weight is 530 g/mol. The Bertz CT molecular complexity index is 1320. The van der Waals surface area contributed by atoms with Crippen LogP contribution in [0.3, 0.4) is 0 Å². The lowest BCUT2D eigenvalue weighted by Gasteiger charge is -2.14. The van der Waals surface area contributed by atoms with E-state index < -0.39 is 0 Å². The topological polar surface area (TPSA) is 128 Å².